The molecule has 3 aromatic carbocycles. The van der Waals surface area contributed by atoms with Crippen molar-refractivity contribution in [2.24, 2.45) is 0 Å². The SMILES string of the molecule is CC(Oc1ccccc1)C(=O)Nc1cccc(C(=O)Nc2cccc(C(=O)O)c2)c1. The number of hydrogen-bond acceptors (Lipinski definition) is 4. The van der Waals surface area contributed by atoms with E-state index in [0.29, 0.717) is 22.7 Å². The third kappa shape index (κ3) is 5.45. The fourth-order valence-electron chi connectivity index (χ4n) is 2.67. The number of anilines is 2. The number of ether oxygens (including phenoxy) is 1. The Morgan fingerprint density at radius 2 is 1.40 bits per heavy atom. The van der Waals surface area contributed by atoms with Crippen LogP contribution in [-0.2, 0) is 4.79 Å². The molecule has 0 saturated heterocycles. The van der Waals surface area contributed by atoms with Gasteiger partial charge in [-0.25, -0.2) is 4.79 Å². The first kappa shape index (κ1) is 20.6. The molecular weight excluding hydrogens is 384 g/mol. The van der Waals surface area contributed by atoms with E-state index in [-0.39, 0.29) is 11.5 Å². The van der Waals surface area contributed by atoms with Gasteiger partial charge in [-0.2, -0.15) is 0 Å². The summed E-state index contributed by atoms with van der Waals surface area (Å²) in [5.41, 5.74) is 1.18. The number of carboxylic acid groups (broad SMARTS) is 1. The molecule has 0 aliphatic carbocycles. The standard InChI is InChI=1S/C23H20N2O5/c1-15(30-20-11-3-2-4-12-20)21(26)24-18-9-5-7-16(13-18)22(27)25-19-10-6-8-17(14-19)23(28)29/h2-15H,1H3,(H,24,26)(H,25,27)(H,28,29). The topological polar surface area (TPSA) is 105 Å². The number of carboxylic acids is 1. The summed E-state index contributed by atoms with van der Waals surface area (Å²) >= 11 is 0. The van der Waals surface area contributed by atoms with Crippen molar-refractivity contribution in [3.63, 3.8) is 0 Å². The largest absolute Gasteiger partial charge is 0.481 e. The summed E-state index contributed by atoms with van der Waals surface area (Å²) in [5, 5.41) is 14.4. The first-order valence-corrected chi connectivity index (χ1v) is 9.20. The van der Waals surface area contributed by atoms with Gasteiger partial charge in [0.2, 0.25) is 0 Å². The van der Waals surface area contributed by atoms with Gasteiger partial charge >= 0.3 is 5.97 Å². The van der Waals surface area contributed by atoms with Crippen LogP contribution in [0.3, 0.4) is 0 Å². The zero-order valence-corrected chi connectivity index (χ0v) is 16.2. The van der Waals surface area contributed by atoms with E-state index in [1.807, 2.05) is 18.2 Å². The number of carbonyl (C=O) groups is 3. The summed E-state index contributed by atoms with van der Waals surface area (Å²) in [6.45, 7) is 1.63. The third-order valence-electron chi connectivity index (χ3n) is 4.18. The highest BCUT2D eigenvalue weighted by Crippen LogP contribution is 2.16. The number of nitrogens with one attached hydrogen (secondary N) is 2. The molecule has 0 bridgehead atoms. The van der Waals surface area contributed by atoms with Crippen LogP contribution < -0.4 is 15.4 Å². The zero-order valence-electron chi connectivity index (χ0n) is 16.2. The number of amides is 2. The van der Waals surface area contributed by atoms with Crippen LogP contribution >= 0.6 is 0 Å². The quantitative estimate of drug-likeness (QED) is 0.551. The lowest BCUT2D eigenvalue weighted by Gasteiger charge is -2.15. The molecule has 0 aliphatic heterocycles. The van der Waals surface area contributed by atoms with Crippen molar-refractivity contribution in [1.29, 1.82) is 0 Å². The molecule has 1 unspecified atom stereocenters. The van der Waals surface area contributed by atoms with E-state index in [4.69, 9.17) is 9.84 Å². The molecule has 0 fully saturated rings. The van der Waals surface area contributed by atoms with Crippen LogP contribution in [0.25, 0.3) is 0 Å². The first-order valence-electron chi connectivity index (χ1n) is 9.20. The Labute approximate surface area is 173 Å². The Morgan fingerprint density at radius 1 is 0.800 bits per heavy atom. The van der Waals surface area contributed by atoms with Crippen molar-refractivity contribution >= 4 is 29.2 Å². The van der Waals surface area contributed by atoms with E-state index >= 15 is 0 Å². The van der Waals surface area contributed by atoms with Crippen LogP contribution in [0.2, 0.25) is 0 Å². The molecule has 0 saturated carbocycles. The number of rotatable bonds is 7. The van der Waals surface area contributed by atoms with Crippen molar-refractivity contribution in [1.82, 2.24) is 0 Å². The third-order valence-corrected chi connectivity index (χ3v) is 4.18. The molecule has 3 N–H and O–H groups in total. The lowest BCUT2D eigenvalue weighted by molar-refractivity contribution is -0.122. The molecule has 30 heavy (non-hydrogen) atoms. The minimum atomic E-state index is -1.08. The van der Waals surface area contributed by atoms with Gasteiger partial charge in [0.1, 0.15) is 5.75 Å². The van der Waals surface area contributed by atoms with Gasteiger partial charge in [0.25, 0.3) is 11.8 Å². The van der Waals surface area contributed by atoms with E-state index in [2.05, 4.69) is 10.6 Å². The highest BCUT2D eigenvalue weighted by atomic mass is 16.5. The van der Waals surface area contributed by atoms with E-state index in [0.717, 1.165) is 0 Å². The average molecular weight is 404 g/mol. The highest BCUT2D eigenvalue weighted by molar-refractivity contribution is 6.06. The van der Waals surface area contributed by atoms with Gasteiger partial charge in [0.05, 0.1) is 5.56 Å². The molecule has 3 rings (SSSR count). The zero-order chi connectivity index (χ0) is 21.5. The predicted molar refractivity (Wildman–Crippen MR) is 113 cm³/mol. The van der Waals surface area contributed by atoms with Gasteiger partial charge < -0.3 is 20.5 Å². The first-order chi connectivity index (χ1) is 14.4. The summed E-state index contributed by atoms with van der Waals surface area (Å²) in [6.07, 6.45) is -0.733. The molecular formula is C23H20N2O5. The van der Waals surface area contributed by atoms with Gasteiger partial charge in [-0.1, -0.05) is 30.3 Å². The van der Waals surface area contributed by atoms with Gasteiger partial charge in [-0.15, -0.1) is 0 Å². The summed E-state index contributed by atoms with van der Waals surface area (Å²) in [4.78, 5) is 36.0. The van der Waals surface area contributed by atoms with Crippen LogP contribution in [0.4, 0.5) is 11.4 Å². The lowest BCUT2D eigenvalue weighted by atomic mass is 10.1. The van der Waals surface area contributed by atoms with Crippen molar-refractivity contribution in [2.45, 2.75) is 13.0 Å². The predicted octanol–water partition coefficient (Wildman–Crippen LogP) is 4.04. The van der Waals surface area contributed by atoms with Crippen LogP contribution in [0.1, 0.15) is 27.6 Å². The number of aromatic carboxylic acids is 1. The van der Waals surface area contributed by atoms with Crippen LogP contribution in [0, 0.1) is 0 Å². The van der Waals surface area contributed by atoms with Gasteiger partial charge in [0, 0.05) is 16.9 Å². The molecule has 1 atom stereocenters. The molecule has 0 heterocycles. The van der Waals surface area contributed by atoms with Crippen LogP contribution in [0.15, 0.2) is 78.9 Å². The second-order valence-electron chi connectivity index (χ2n) is 6.48. The molecule has 7 nitrogen and oxygen atoms in total. The molecule has 152 valence electrons. The average Bonchev–Trinajstić information content (AvgIpc) is 2.74. The Hall–Kier alpha value is -4.13. The lowest BCUT2D eigenvalue weighted by Crippen LogP contribution is -2.30. The van der Waals surface area contributed by atoms with Crippen molar-refractivity contribution in [3.05, 3.63) is 90.0 Å². The molecule has 2 amide bonds. The maximum Gasteiger partial charge on any atom is 0.335 e. The maximum absolute atomic E-state index is 12.5. The smallest absolute Gasteiger partial charge is 0.335 e. The molecule has 7 heteroatoms. The molecule has 0 aromatic heterocycles. The Balaban J connectivity index is 1.65. The Bertz CT molecular complexity index is 1070. The monoisotopic (exact) mass is 404 g/mol. The van der Waals surface area contributed by atoms with Gasteiger partial charge in [0.15, 0.2) is 6.10 Å². The summed E-state index contributed by atoms with van der Waals surface area (Å²) in [6, 6.07) is 21.4. The van der Waals surface area contributed by atoms with Crippen LogP contribution in [0.5, 0.6) is 5.75 Å². The fourth-order valence-corrected chi connectivity index (χ4v) is 2.67. The van der Waals surface area contributed by atoms with Crippen molar-refractivity contribution < 1.29 is 24.2 Å². The maximum atomic E-state index is 12.5. The van der Waals surface area contributed by atoms with Gasteiger partial charge in [-0.05, 0) is 55.5 Å². The van der Waals surface area contributed by atoms with Crippen molar-refractivity contribution in [3.8, 4) is 5.75 Å². The summed E-state index contributed by atoms with van der Waals surface area (Å²) in [7, 11) is 0. The van der Waals surface area contributed by atoms with E-state index in [1.165, 1.54) is 18.2 Å². The fraction of sp³-hybridized carbons (Fsp3) is 0.0870. The van der Waals surface area contributed by atoms with E-state index in [1.54, 1.807) is 49.4 Å². The minimum absolute atomic E-state index is 0.0706. The number of hydrogen-bond donors (Lipinski definition) is 3. The normalized spacial score (nSPS) is 11.2. The van der Waals surface area contributed by atoms with E-state index < -0.39 is 18.0 Å². The molecule has 0 aliphatic rings. The Kier molecular flexibility index (Phi) is 6.44. The second-order valence-corrected chi connectivity index (χ2v) is 6.48. The van der Waals surface area contributed by atoms with Crippen LogP contribution in [-0.4, -0.2) is 29.0 Å². The molecule has 0 radical (unpaired) electrons. The highest BCUT2D eigenvalue weighted by Gasteiger charge is 2.16. The number of carbonyl (C=O) groups excluding carboxylic acids is 2. The molecule has 3 aromatic rings. The summed E-state index contributed by atoms with van der Waals surface area (Å²) < 4.78 is 5.60. The van der Waals surface area contributed by atoms with E-state index in [9.17, 15) is 14.4 Å². The van der Waals surface area contributed by atoms with Gasteiger partial charge in [-0.3, -0.25) is 9.59 Å². The number of benzene rings is 3. The molecule has 0 spiro atoms. The number of para-hydroxylation sites is 1. The van der Waals surface area contributed by atoms with Crippen molar-refractivity contribution in [2.75, 3.05) is 10.6 Å². The Morgan fingerprint density at radius 3 is 2.07 bits per heavy atom. The minimum Gasteiger partial charge on any atom is -0.481 e. The summed E-state index contributed by atoms with van der Waals surface area (Å²) in [5.74, 6) is -1.28. The second kappa shape index (κ2) is 9.38.